The fourth-order valence-corrected chi connectivity index (χ4v) is 4.12. The summed E-state index contributed by atoms with van der Waals surface area (Å²) in [4.78, 5) is 18.4. The summed E-state index contributed by atoms with van der Waals surface area (Å²) in [6.45, 7) is 4.32. The zero-order valence-electron chi connectivity index (χ0n) is 19.6. The number of benzene rings is 3. The van der Waals surface area contributed by atoms with Gasteiger partial charge in [-0.05, 0) is 55.8 Å². The van der Waals surface area contributed by atoms with Crippen LogP contribution in [0.25, 0.3) is 11.3 Å². The smallest absolute Gasteiger partial charge is 0.343 e. The third-order valence-corrected chi connectivity index (χ3v) is 5.87. The van der Waals surface area contributed by atoms with Gasteiger partial charge in [0.2, 0.25) is 5.13 Å². The standard InChI is InChI=1S/C27H25N3O4S/c1-4-33-24-15-19(13-14-23(24)34-26(31)21-11-8-12-22(16-21)32-3)17-28-30-27-29-25(18(2)35-27)20-9-6-5-7-10-20/h5-17H,4H2,1-3H3,(H,29,30). The van der Waals surface area contributed by atoms with Crippen molar-refractivity contribution in [2.75, 3.05) is 19.1 Å². The molecular weight excluding hydrogens is 462 g/mol. The van der Waals surface area contributed by atoms with Crippen molar-refractivity contribution in [3.8, 4) is 28.5 Å². The van der Waals surface area contributed by atoms with Crippen molar-refractivity contribution in [2.24, 2.45) is 5.10 Å². The number of ether oxygens (including phenoxy) is 3. The van der Waals surface area contributed by atoms with Crippen LogP contribution in [0.15, 0.2) is 77.9 Å². The maximum atomic E-state index is 12.6. The Balaban J connectivity index is 1.46. The van der Waals surface area contributed by atoms with Crippen LogP contribution >= 0.6 is 11.3 Å². The van der Waals surface area contributed by atoms with Gasteiger partial charge in [0.25, 0.3) is 0 Å². The molecule has 0 aliphatic rings. The van der Waals surface area contributed by atoms with Crippen LogP contribution in [-0.2, 0) is 0 Å². The highest BCUT2D eigenvalue weighted by molar-refractivity contribution is 7.16. The Kier molecular flexibility index (Phi) is 7.74. The number of esters is 1. The number of hydrogen-bond acceptors (Lipinski definition) is 8. The molecule has 0 bridgehead atoms. The summed E-state index contributed by atoms with van der Waals surface area (Å²) in [6.07, 6.45) is 1.66. The number of carbonyl (C=O) groups excluding carboxylic acids is 1. The second kappa shape index (κ2) is 11.3. The summed E-state index contributed by atoms with van der Waals surface area (Å²) in [7, 11) is 1.55. The van der Waals surface area contributed by atoms with Crippen LogP contribution in [0.4, 0.5) is 5.13 Å². The number of methoxy groups -OCH3 is 1. The monoisotopic (exact) mass is 487 g/mol. The van der Waals surface area contributed by atoms with Crippen LogP contribution in [0.2, 0.25) is 0 Å². The molecule has 1 heterocycles. The van der Waals surface area contributed by atoms with Crippen molar-refractivity contribution in [1.29, 1.82) is 0 Å². The first-order valence-corrected chi connectivity index (χ1v) is 11.8. The molecule has 0 fully saturated rings. The van der Waals surface area contributed by atoms with Gasteiger partial charge in [0.05, 0.1) is 31.2 Å². The van der Waals surface area contributed by atoms with E-state index >= 15 is 0 Å². The van der Waals surface area contributed by atoms with Gasteiger partial charge in [0, 0.05) is 10.4 Å². The lowest BCUT2D eigenvalue weighted by Crippen LogP contribution is -2.10. The molecule has 4 rings (SSSR count). The van der Waals surface area contributed by atoms with Crippen molar-refractivity contribution in [3.05, 3.63) is 88.8 Å². The van der Waals surface area contributed by atoms with E-state index in [1.54, 1.807) is 55.8 Å². The maximum absolute atomic E-state index is 12.6. The Hall–Kier alpha value is -4.17. The molecule has 0 saturated carbocycles. The summed E-state index contributed by atoms with van der Waals surface area (Å²) in [6, 6.07) is 22.1. The Morgan fingerprint density at radius 1 is 1.06 bits per heavy atom. The third kappa shape index (κ3) is 6.04. The molecule has 1 N–H and O–H groups in total. The van der Waals surface area contributed by atoms with E-state index in [1.165, 1.54) is 11.3 Å². The predicted octanol–water partition coefficient (Wildman–Crippen LogP) is 6.19. The Bertz CT molecular complexity index is 1340. The van der Waals surface area contributed by atoms with Gasteiger partial charge in [0.15, 0.2) is 11.5 Å². The van der Waals surface area contributed by atoms with E-state index in [1.807, 2.05) is 44.2 Å². The molecule has 3 aromatic carbocycles. The summed E-state index contributed by atoms with van der Waals surface area (Å²) >= 11 is 1.54. The number of aromatic nitrogens is 1. The Morgan fingerprint density at radius 3 is 2.66 bits per heavy atom. The Labute approximate surface area is 208 Å². The minimum absolute atomic E-state index is 0.327. The van der Waals surface area contributed by atoms with Gasteiger partial charge in [-0.3, -0.25) is 5.43 Å². The molecule has 178 valence electrons. The molecule has 8 heteroatoms. The van der Waals surface area contributed by atoms with Crippen LogP contribution in [0.5, 0.6) is 17.2 Å². The van der Waals surface area contributed by atoms with Crippen molar-refractivity contribution in [3.63, 3.8) is 0 Å². The summed E-state index contributed by atoms with van der Waals surface area (Å²) in [5.41, 5.74) is 6.16. The van der Waals surface area contributed by atoms with E-state index in [0.717, 1.165) is 21.7 Å². The van der Waals surface area contributed by atoms with Crippen LogP contribution in [0.1, 0.15) is 27.7 Å². The van der Waals surface area contributed by atoms with Crippen molar-refractivity contribution >= 4 is 28.7 Å². The molecule has 0 aliphatic heterocycles. The van der Waals surface area contributed by atoms with Gasteiger partial charge in [-0.1, -0.05) is 36.4 Å². The minimum Gasteiger partial charge on any atom is -0.497 e. The highest BCUT2D eigenvalue weighted by atomic mass is 32.1. The first-order valence-electron chi connectivity index (χ1n) is 11.0. The molecule has 4 aromatic rings. The van der Waals surface area contributed by atoms with E-state index in [0.29, 0.717) is 34.6 Å². The van der Waals surface area contributed by atoms with E-state index < -0.39 is 5.97 Å². The predicted molar refractivity (Wildman–Crippen MR) is 139 cm³/mol. The molecule has 0 aliphatic carbocycles. The molecule has 7 nitrogen and oxygen atoms in total. The Morgan fingerprint density at radius 2 is 1.89 bits per heavy atom. The van der Waals surface area contributed by atoms with Gasteiger partial charge in [0.1, 0.15) is 5.75 Å². The number of hydrogen-bond donors (Lipinski definition) is 1. The highest BCUT2D eigenvalue weighted by Crippen LogP contribution is 2.31. The number of nitrogens with one attached hydrogen (secondary N) is 1. The van der Waals surface area contributed by atoms with E-state index in [2.05, 4.69) is 15.5 Å². The van der Waals surface area contributed by atoms with Crippen molar-refractivity contribution in [1.82, 2.24) is 4.98 Å². The first kappa shape index (κ1) is 24.0. The lowest BCUT2D eigenvalue weighted by Gasteiger charge is -2.11. The van der Waals surface area contributed by atoms with Gasteiger partial charge >= 0.3 is 5.97 Å². The highest BCUT2D eigenvalue weighted by Gasteiger charge is 2.14. The molecule has 0 unspecified atom stereocenters. The van der Waals surface area contributed by atoms with Crippen LogP contribution in [-0.4, -0.2) is 30.9 Å². The van der Waals surface area contributed by atoms with E-state index in [-0.39, 0.29) is 0 Å². The second-order valence-corrected chi connectivity index (χ2v) is 8.62. The zero-order chi connectivity index (χ0) is 24.6. The number of anilines is 1. The normalized spacial score (nSPS) is 10.8. The number of thiazole rings is 1. The quantitative estimate of drug-likeness (QED) is 0.131. The van der Waals surface area contributed by atoms with Gasteiger partial charge in [-0.15, -0.1) is 11.3 Å². The molecule has 0 spiro atoms. The lowest BCUT2D eigenvalue weighted by atomic mass is 10.1. The largest absolute Gasteiger partial charge is 0.497 e. The molecule has 0 amide bonds. The van der Waals surface area contributed by atoms with Gasteiger partial charge in [-0.2, -0.15) is 5.10 Å². The number of carbonyl (C=O) groups is 1. The van der Waals surface area contributed by atoms with E-state index in [4.69, 9.17) is 14.2 Å². The summed E-state index contributed by atoms with van der Waals surface area (Å²) in [5, 5.41) is 5.01. The zero-order valence-corrected chi connectivity index (χ0v) is 20.5. The molecule has 35 heavy (non-hydrogen) atoms. The van der Waals surface area contributed by atoms with Crippen LogP contribution < -0.4 is 19.6 Å². The molecule has 1 aromatic heterocycles. The molecule has 0 saturated heterocycles. The van der Waals surface area contributed by atoms with E-state index in [9.17, 15) is 4.79 Å². The number of nitrogens with zero attached hydrogens (tertiary/aromatic N) is 2. The topological polar surface area (TPSA) is 82.0 Å². The molecule has 0 radical (unpaired) electrons. The van der Waals surface area contributed by atoms with Crippen LogP contribution in [0.3, 0.4) is 0 Å². The SMILES string of the molecule is CCOc1cc(C=NNc2nc(-c3ccccc3)c(C)s2)ccc1OC(=O)c1cccc(OC)c1. The van der Waals surface area contributed by atoms with Crippen molar-refractivity contribution in [2.45, 2.75) is 13.8 Å². The van der Waals surface area contributed by atoms with Crippen LogP contribution in [0, 0.1) is 6.92 Å². The first-order chi connectivity index (χ1) is 17.1. The number of rotatable bonds is 9. The average Bonchev–Trinajstić information content (AvgIpc) is 3.26. The van der Waals surface area contributed by atoms with Crippen molar-refractivity contribution < 1.29 is 19.0 Å². The third-order valence-electron chi connectivity index (χ3n) is 4.99. The average molecular weight is 488 g/mol. The van der Waals surface area contributed by atoms with Gasteiger partial charge in [-0.25, -0.2) is 9.78 Å². The lowest BCUT2D eigenvalue weighted by molar-refractivity contribution is 0.0728. The fraction of sp³-hybridized carbons (Fsp3) is 0.148. The number of aryl methyl sites for hydroxylation is 1. The molecular formula is C27H25N3O4S. The second-order valence-electron chi connectivity index (χ2n) is 7.42. The fourth-order valence-electron chi connectivity index (χ4n) is 3.34. The molecule has 0 atom stereocenters. The van der Waals surface area contributed by atoms with Gasteiger partial charge < -0.3 is 14.2 Å². The number of hydrazone groups is 1. The minimum atomic E-state index is -0.499. The summed E-state index contributed by atoms with van der Waals surface area (Å²) in [5.74, 6) is 0.855. The maximum Gasteiger partial charge on any atom is 0.343 e. The summed E-state index contributed by atoms with van der Waals surface area (Å²) < 4.78 is 16.5.